The van der Waals surface area contributed by atoms with Crippen LogP contribution in [0.4, 0.5) is 11.4 Å². The summed E-state index contributed by atoms with van der Waals surface area (Å²) in [5, 5.41) is 0.725. The van der Waals surface area contributed by atoms with Crippen LogP contribution in [0.5, 0.6) is 0 Å². The van der Waals surface area contributed by atoms with Gasteiger partial charge >= 0.3 is 0 Å². The summed E-state index contributed by atoms with van der Waals surface area (Å²) >= 11 is 12.0. The van der Waals surface area contributed by atoms with E-state index in [1.807, 2.05) is 18.2 Å². The minimum absolute atomic E-state index is 0.188. The predicted octanol–water partition coefficient (Wildman–Crippen LogP) is 3.45. The number of benzene rings is 2. The molecule has 27 heavy (non-hydrogen) atoms. The number of carbonyl (C=O) groups excluding carboxylic acids is 2. The second kappa shape index (κ2) is 7.50. The molecule has 7 heteroatoms. The van der Waals surface area contributed by atoms with Gasteiger partial charge in [-0.25, -0.2) is 4.90 Å². The van der Waals surface area contributed by atoms with Gasteiger partial charge in [0.2, 0.25) is 5.91 Å². The Kier molecular flexibility index (Phi) is 5.08. The quantitative estimate of drug-likeness (QED) is 0.736. The number of hydrogen-bond acceptors (Lipinski definition) is 4. The van der Waals surface area contributed by atoms with E-state index in [0.717, 1.165) is 26.2 Å². The molecule has 0 bridgehead atoms. The molecule has 2 aliphatic heterocycles. The fourth-order valence-electron chi connectivity index (χ4n) is 3.73. The summed E-state index contributed by atoms with van der Waals surface area (Å²) in [6.07, 6.45) is 0.199. The number of halogens is 2. The molecule has 140 valence electrons. The number of hydrogen-bond donors (Lipinski definition) is 0. The molecule has 0 spiro atoms. The third-order valence-corrected chi connectivity index (χ3v) is 5.90. The second-order valence-electron chi connectivity index (χ2n) is 6.74. The Hall–Kier alpha value is -2.08. The number of para-hydroxylation sites is 1. The van der Waals surface area contributed by atoms with Crippen LogP contribution >= 0.6 is 23.2 Å². The van der Waals surface area contributed by atoms with Crippen molar-refractivity contribution in [2.24, 2.45) is 0 Å². The van der Waals surface area contributed by atoms with Crippen molar-refractivity contribution < 1.29 is 9.59 Å². The SMILES string of the molecule is O=C1C[C@@H](N2CCN(c3ccccc3)CC2)C(=O)N1c1ccc(Cl)c(Cl)c1. The van der Waals surface area contributed by atoms with Gasteiger partial charge in [-0.3, -0.25) is 14.5 Å². The largest absolute Gasteiger partial charge is 0.369 e. The number of rotatable bonds is 3. The van der Waals surface area contributed by atoms with Crippen LogP contribution in [0.1, 0.15) is 6.42 Å². The minimum Gasteiger partial charge on any atom is -0.369 e. The Morgan fingerprint density at radius 2 is 1.52 bits per heavy atom. The van der Waals surface area contributed by atoms with Gasteiger partial charge in [-0.2, -0.15) is 0 Å². The molecule has 0 unspecified atom stereocenters. The molecule has 5 nitrogen and oxygen atoms in total. The molecule has 0 N–H and O–H groups in total. The summed E-state index contributed by atoms with van der Waals surface area (Å²) in [6.45, 7) is 3.14. The highest BCUT2D eigenvalue weighted by molar-refractivity contribution is 6.42. The highest BCUT2D eigenvalue weighted by Gasteiger charge is 2.43. The first-order valence-corrected chi connectivity index (χ1v) is 9.66. The van der Waals surface area contributed by atoms with E-state index in [4.69, 9.17) is 23.2 Å². The average molecular weight is 404 g/mol. The summed E-state index contributed by atoms with van der Waals surface area (Å²) in [6, 6.07) is 14.6. The molecule has 0 aromatic heterocycles. The molecule has 1 atom stereocenters. The van der Waals surface area contributed by atoms with Crippen LogP contribution < -0.4 is 9.80 Å². The zero-order valence-electron chi connectivity index (χ0n) is 14.6. The van der Waals surface area contributed by atoms with Crippen molar-refractivity contribution in [2.75, 3.05) is 36.0 Å². The van der Waals surface area contributed by atoms with Crippen LogP contribution in [-0.4, -0.2) is 48.9 Å². The molecule has 2 amide bonds. The molecule has 4 rings (SSSR count). The molecule has 2 fully saturated rings. The van der Waals surface area contributed by atoms with Crippen LogP contribution in [0.15, 0.2) is 48.5 Å². The molecular formula is C20H19Cl2N3O2. The van der Waals surface area contributed by atoms with Gasteiger partial charge in [-0.15, -0.1) is 0 Å². The zero-order chi connectivity index (χ0) is 19.0. The van der Waals surface area contributed by atoms with Crippen LogP contribution in [0.2, 0.25) is 10.0 Å². The molecule has 2 aromatic rings. The zero-order valence-corrected chi connectivity index (χ0v) is 16.2. The molecule has 2 saturated heterocycles. The van der Waals surface area contributed by atoms with Crippen molar-refractivity contribution in [3.05, 3.63) is 58.6 Å². The summed E-state index contributed by atoms with van der Waals surface area (Å²) in [5.41, 5.74) is 1.66. The molecule has 0 radical (unpaired) electrons. The maximum Gasteiger partial charge on any atom is 0.251 e. The van der Waals surface area contributed by atoms with Gasteiger partial charge < -0.3 is 4.90 Å². The second-order valence-corrected chi connectivity index (χ2v) is 7.56. The van der Waals surface area contributed by atoms with Crippen LogP contribution in [0, 0.1) is 0 Å². The van der Waals surface area contributed by atoms with E-state index in [1.54, 1.807) is 18.2 Å². The first-order valence-electron chi connectivity index (χ1n) is 8.90. The highest BCUT2D eigenvalue weighted by atomic mass is 35.5. The fraction of sp³-hybridized carbons (Fsp3) is 0.300. The third-order valence-electron chi connectivity index (χ3n) is 5.16. The third kappa shape index (κ3) is 3.55. The standard InChI is InChI=1S/C20H19Cl2N3O2/c21-16-7-6-15(12-17(16)22)25-19(26)13-18(20(25)27)24-10-8-23(9-11-24)14-4-2-1-3-5-14/h1-7,12,18H,8-11,13H2/t18-/m1/s1. The van der Waals surface area contributed by atoms with Crippen molar-refractivity contribution >= 4 is 46.4 Å². The summed E-state index contributed by atoms with van der Waals surface area (Å²) in [7, 11) is 0. The van der Waals surface area contributed by atoms with Crippen molar-refractivity contribution in [1.82, 2.24) is 4.90 Å². The normalized spacial score (nSPS) is 21.2. The van der Waals surface area contributed by atoms with E-state index < -0.39 is 6.04 Å². The Balaban J connectivity index is 1.45. The van der Waals surface area contributed by atoms with E-state index in [1.165, 1.54) is 10.6 Å². The van der Waals surface area contributed by atoms with Crippen LogP contribution in [-0.2, 0) is 9.59 Å². The van der Waals surface area contributed by atoms with Crippen LogP contribution in [0.3, 0.4) is 0 Å². The number of imide groups is 1. The maximum absolute atomic E-state index is 12.9. The molecule has 0 saturated carbocycles. The van der Waals surface area contributed by atoms with Gasteiger partial charge in [0.1, 0.15) is 0 Å². The Labute approximate surface area is 168 Å². The molecule has 2 aromatic carbocycles. The Morgan fingerprint density at radius 1 is 0.815 bits per heavy atom. The first-order chi connectivity index (χ1) is 13.0. The van der Waals surface area contributed by atoms with Crippen molar-refractivity contribution in [3.8, 4) is 0 Å². The lowest BCUT2D eigenvalue weighted by atomic mass is 10.1. The molecule has 0 aliphatic carbocycles. The smallest absolute Gasteiger partial charge is 0.251 e. The van der Waals surface area contributed by atoms with E-state index in [9.17, 15) is 9.59 Å². The first kappa shape index (κ1) is 18.3. The fourth-order valence-corrected chi connectivity index (χ4v) is 4.02. The Morgan fingerprint density at radius 3 is 2.19 bits per heavy atom. The van der Waals surface area contributed by atoms with E-state index in [0.29, 0.717) is 15.7 Å². The number of anilines is 2. The van der Waals surface area contributed by atoms with E-state index in [-0.39, 0.29) is 18.2 Å². The van der Waals surface area contributed by atoms with Crippen LogP contribution in [0.25, 0.3) is 0 Å². The lowest BCUT2D eigenvalue weighted by molar-refractivity contribution is -0.123. The van der Waals surface area contributed by atoms with Crippen molar-refractivity contribution in [2.45, 2.75) is 12.5 Å². The van der Waals surface area contributed by atoms with Gasteiger partial charge in [0.15, 0.2) is 0 Å². The summed E-state index contributed by atoms with van der Waals surface area (Å²) < 4.78 is 0. The summed E-state index contributed by atoms with van der Waals surface area (Å²) in [5.74, 6) is -0.388. The van der Waals surface area contributed by atoms with Crippen molar-refractivity contribution in [1.29, 1.82) is 0 Å². The lowest BCUT2D eigenvalue weighted by Gasteiger charge is -2.38. The molecule has 2 aliphatic rings. The van der Waals surface area contributed by atoms with Crippen molar-refractivity contribution in [3.63, 3.8) is 0 Å². The van der Waals surface area contributed by atoms with Gasteiger partial charge in [0.25, 0.3) is 5.91 Å². The lowest BCUT2D eigenvalue weighted by Crippen LogP contribution is -2.52. The van der Waals surface area contributed by atoms with E-state index >= 15 is 0 Å². The summed E-state index contributed by atoms with van der Waals surface area (Å²) in [4.78, 5) is 31.1. The molecule has 2 heterocycles. The monoisotopic (exact) mass is 403 g/mol. The van der Waals surface area contributed by atoms with E-state index in [2.05, 4.69) is 21.9 Å². The van der Waals surface area contributed by atoms with Gasteiger partial charge in [0, 0.05) is 31.9 Å². The molecular weight excluding hydrogens is 385 g/mol. The highest BCUT2D eigenvalue weighted by Crippen LogP contribution is 2.31. The van der Waals surface area contributed by atoms with Gasteiger partial charge in [-0.1, -0.05) is 41.4 Å². The Bertz CT molecular complexity index is 867. The van der Waals surface area contributed by atoms with Gasteiger partial charge in [0.05, 0.1) is 28.2 Å². The predicted molar refractivity (Wildman–Crippen MR) is 108 cm³/mol. The number of nitrogens with zero attached hydrogens (tertiary/aromatic N) is 3. The minimum atomic E-state index is -0.412. The maximum atomic E-state index is 12.9. The van der Waals surface area contributed by atoms with Gasteiger partial charge in [-0.05, 0) is 30.3 Å². The topological polar surface area (TPSA) is 43.9 Å². The number of amides is 2. The number of piperazine rings is 1. The number of carbonyl (C=O) groups is 2. The average Bonchev–Trinajstić information content (AvgIpc) is 2.99.